The van der Waals surface area contributed by atoms with Gasteiger partial charge in [-0.3, -0.25) is 0 Å². The minimum Gasteiger partial charge on any atom is -0.314 e. The zero-order valence-electron chi connectivity index (χ0n) is 9.24. The van der Waals surface area contributed by atoms with Gasteiger partial charge in [0.1, 0.15) is 0 Å². The molecule has 0 atom stereocenters. The van der Waals surface area contributed by atoms with E-state index >= 15 is 0 Å². The molecule has 0 bridgehead atoms. The Hall–Kier alpha value is -1.16. The van der Waals surface area contributed by atoms with Crippen LogP contribution in [-0.4, -0.2) is 17.0 Å². The van der Waals surface area contributed by atoms with Gasteiger partial charge in [0.25, 0.3) is 0 Å². The van der Waals surface area contributed by atoms with E-state index in [9.17, 15) is 0 Å². The highest BCUT2D eigenvalue weighted by Crippen LogP contribution is 2.26. The molecule has 0 aliphatic rings. The number of nitrogens with one attached hydrogen (secondary N) is 1. The lowest BCUT2D eigenvalue weighted by Gasteiger charge is -2.04. The average Bonchev–Trinajstić information content (AvgIpc) is 2.33. The van der Waals surface area contributed by atoms with Crippen molar-refractivity contribution in [3.8, 4) is 11.4 Å². The molecule has 0 aliphatic carbocycles. The fourth-order valence-electron chi connectivity index (χ4n) is 1.45. The van der Waals surface area contributed by atoms with E-state index in [0.29, 0.717) is 22.4 Å². The molecule has 0 saturated carbocycles. The quantitative estimate of drug-likeness (QED) is 0.929. The first-order chi connectivity index (χ1) is 8.20. The summed E-state index contributed by atoms with van der Waals surface area (Å²) in [5.41, 5.74) is 1.79. The van der Waals surface area contributed by atoms with Gasteiger partial charge in [-0.05, 0) is 31.3 Å². The Morgan fingerprint density at radius 2 is 2.00 bits per heavy atom. The first kappa shape index (κ1) is 12.3. The van der Waals surface area contributed by atoms with Crippen molar-refractivity contribution in [2.24, 2.45) is 0 Å². The molecule has 3 nitrogen and oxygen atoms in total. The fourth-order valence-corrected chi connectivity index (χ4v) is 1.75. The van der Waals surface area contributed by atoms with Crippen LogP contribution in [0.5, 0.6) is 0 Å². The van der Waals surface area contributed by atoms with E-state index in [1.807, 2.05) is 19.2 Å². The maximum absolute atomic E-state index is 5.96. The number of nitrogens with zero attached hydrogens (tertiary/aromatic N) is 2. The molecular formula is C12H11Cl2N3. The molecule has 0 spiro atoms. The van der Waals surface area contributed by atoms with Gasteiger partial charge in [0, 0.05) is 18.3 Å². The minimum absolute atomic E-state index is 0.506. The molecule has 1 aromatic carbocycles. The maximum Gasteiger partial charge on any atom is 0.159 e. The van der Waals surface area contributed by atoms with E-state index in [-0.39, 0.29) is 0 Å². The van der Waals surface area contributed by atoms with E-state index in [1.165, 1.54) is 0 Å². The summed E-state index contributed by atoms with van der Waals surface area (Å²) >= 11 is 11.8. The average molecular weight is 268 g/mol. The zero-order valence-corrected chi connectivity index (χ0v) is 10.8. The van der Waals surface area contributed by atoms with Crippen LogP contribution in [0.15, 0.2) is 30.5 Å². The van der Waals surface area contributed by atoms with Crippen LogP contribution in [0.25, 0.3) is 11.4 Å². The fraction of sp³-hybridized carbons (Fsp3) is 0.167. The van der Waals surface area contributed by atoms with Gasteiger partial charge in [0.05, 0.1) is 15.7 Å². The lowest BCUT2D eigenvalue weighted by Crippen LogP contribution is -2.07. The highest BCUT2D eigenvalue weighted by molar-refractivity contribution is 6.42. The predicted molar refractivity (Wildman–Crippen MR) is 70.3 cm³/mol. The van der Waals surface area contributed by atoms with Crippen LogP contribution in [0.1, 0.15) is 5.69 Å². The largest absolute Gasteiger partial charge is 0.314 e. The zero-order chi connectivity index (χ0) is 12.3. The standard InChI is InChI=1S/C12H11Cl2N3/c1-15-7-9-4-5-16-12(17-9)8-2-3-10(13)11(14)6-8/h2-6,15H,7H2,1H3. The van der Waals surface area contributed by atoms with Gasteiger partial charge in [-0.25, -0.2) is 9.97 Å². The number of benzene rings is 1. The van der Waals surface area contributed by atoms with Crippen LogP contribution in [0.4, 0.5) is 0 Å². The normalized spacial score (nSPS) is 10.5. The summed E-state index contributed by atoms with van der Waals surface area (Å²) in [5.74, 6) is 0.649. The Bertz CT molecular complexity index is 529. The number of halogens is 2. The van der Waals surface area contributed by atoms with E-state index in [0.717, 1.165) is 11.3 Å². The number of rotatable bonds is 3. The van der Waals surface area contributed by atoms with Gasteiger partial charge >= 0.3 is 0 Å². The van der Waals surface area contributed by atoms with Gasteiger partial charge in [-0.1, -0.05) is 23.2 Å². The second kappa shape index (κ2) is 5.45. The highest BCUT2D eigenvalue weighted by atomic mass is 35.5. The minimum atomic E-state index is 0.506. The third-order valence-electron chi connectivity index (χ3n) is 2.25. The molecule has 0 unspecified atom stereocenters. The molecule has 0 radical (unpaired) electrons. The first-order valence-corrected chi connectivity index (χ1v) is 5.88. The van der Waals surface area contributed by atoms with Gasteiger partial charge < -0.3 is 5.32 Å². The molecule has 0 fully saturated rings. The van der Waals surface area contributed by atoms with Crippen LogP contribution in [0.3, 0.4) is 0 Å². The molecule has 0 amide bonds. The van der Waals surface area contributed by atoms with Crippen LogP contribution in [-0.2, 0) is 6.54 Å². The van der Waals surface area contributed by atoms with Crippen LogP contribution >= 0.6 is 23.2 Å². The molecule has 17 heavy (non-hydrogen) atoms. The summed E-state index contributed by atoms with van der Waals surface area (Å²) in [4.78, 5) is 8.65. The number of aromatic nitrogens is 2. The highest BCUT2D eigenvalue weighted by Gasteiger charge is 2.05. The Balaban J connectivity index is 2.38. The van der Waals surface area contributed by atoms with E-state index in [2.05, 4.69) is 15.3 Å². The van der Waals surface area contributed by atoms with E-state index < -0.39 is 0 Å². The van der Waals surface area contributed by atoms with Crippen LogP contribution in [0.2, 0.25) is 10.0 Å². The van der Waals surface area contributed by atoms with Crippen LogP contribution in [0, 0.1) is 0 Å². The van der Waals surface area contributed by atoms with Gasteiger partial charge in [0.2, 0.25) is 0 Å². The third-order valence-corrected chi connectivity index (χ3v) is 2.99. The van der Waals surface area contributed by atoms with Gasteiger partial charge in [0.15, 0.2) is 5.82 Å². The lowest BCUT2D eigenvalue weighted by molar-refractivity contribution is 0.788. The maximum atomic E-state index is 5.96. The summed E-state index contributed by atoms with van der Waals surface area (Å²) in [6.07, 6.45) is 1.73. The Labute approximate surface area is 110 Å². The van der Waals surface area contributed by atoms with Crippen molar-refractivity contribution >= 4 is 23.2 Å². The lowest BCUT2D eigenvalue weighted by atomic mass is 10.2. The van der Waals surface area contributed by atoms with E-state index in [4.69, 9.17) is 23.2 Å². The Morgan fingerprint density at radius 1 is 1.18 bits per heavy atom. The molecule has 88 valence electrons. The van der Waals surface area contributed by atoms with Crippen molar-refractivity contribution in [2.75, 3.05) is 7.05 Å². The van der Waals surface area contributed by atoms with Crippen molar-refractivity contribution in [3.05, 3.63) is 46.2 Å². The molecule has 1 N–H and O–H groups in total. The summed E-state index contributed by atoms with van der Waals surface area (Å²) in [5, 5.41) is 4.08. The molecular weight excluding hydrogens is 257 g/mol. The third kappa shape index (κ3) is 2.94. The topological polar surface area (TPSA) is 37.8 Å². The second-order valence-electron chi connectivity index (χ2n) is 3.53. The second-order valence-corrected chi connectivity index (χ2v) is 4.35. The SMILES string of the molecule is CNCc1ccnc(-c2ccc(Cl)c(Cl)c2)n1. The molecule has 0 aliphatic heterocycles. The number of hydrogen-bond acceptors (Lipinski definition) is 3. The molecule has 5 heteroatoms. The van der Waals surface area contributed by atoms with Crippen LogP contribution < -0.4 is 5.32 Å². The van der Waals surface area contributed by atoms with E-state index in [1.54, 1.807) is 18.3 Å². The summed E-state index contributed by atoms with van der Waals surface area (Å²) < 4.78 is 0. The van der Waals surface area contributed by atoms with Crippen molar-refractivity contribution in [1.29, 1.82) is 0 Å². The van der Waals surface area contributed by atoms with Gasteiger partial charge in [-0.15, -0.1) is 0 Å². The van der Waals surface area contributed by atoms with Crippen molar-refractivity contribution in [1.82, 2.24) is 15.3 Å². The summed E-state index contributed by atoms with van der Waals surface area (Å²) in [6.45, 7) is 0.705. The summed E-state index contributed by atoms with van der Waals surface area (Å²) in [7, 11) is 1.88. The number of hydrogen-bond donors (Lipinski definition) is 1. The molecule has 2 rings (SSSR count). The van der Waals surface area contributed by atoms with Gasteiger partial charge in [-0.2, -0.15) is 0 Å². The first-order valence-electron chi connectivity index (χ1n) is 5.12. The summed E-state index contributed by atoms with van der Waals surface area (Å²) in [6, 6.07) is 7.24. The Kier molecular flexibility index (Phi) is 3.94. The molecule has 0 saturated heterocycles. The smallest absolute Gasteiger partial charge is 0.159 e. The Morgan fingerprint density at radius 3 is 2.71 bits per heavy atom. The van der Waals surface area contributed by atoms with Crippen molar-refractivity contribution in [3.63, 3.8) is 0 Å². The molecule has 1 heterocycles. The van der Waals surface area contributed by atoms with Crippen molar-refractivity contribution in [2.45, 2.75) is 6.54 Å². The molecule has 1 aromatic heterocycles. The molecule has 2 aromatic rings. The van der Waals surface area contributed by atoms with Crippen molar-refractivity contribution < 1.29 is 0 Å². The monoisotopic (exact) mass is 267 g/mol. The predicted octanol–water partition coefficient (Wildman–Crippen LogP) is 3.17.